The van der Waals surface area contributed by atoms with Crippen LogP contribution < -0.4 is 5.32 Å². The number of hydrogen-bond acceptors (Lipinski definition) is 3. The number of rotatable bonds is 1. The van der Waals surface area contributed by atoms with Crippen LogP contribution in [0.1, 0.15) is 17.4 Å². The molecule has 84 valence electrons. The van der Waals surface area contributed by atoms with Gasteiger partial charge in [0, 0.05) is 6.20 Å². The minimum Gasteiger partial charge on any atom is -0.357 e. The van der Waals surface area contributed by atoms with E-state index >= 15 is 0 Å². The van der Waals surface area contributed by atoms with E-state index in [2.05, 4.69) is 10.3 Å². The van der Waals surface area contributed by atoms with E-state index in [1.54, 1.807) is 25.3 Å². The van der Waals surface area contributed by atoms with Crippen LogP contribution in [0.5, 0.6) is 0 Å². The molecule has 1 fully saturated rings. The van der Waals surface area contributed by atoms with Crippen LogP contribution in [0.15, 0.2) is 18.3 Å². The number of piperazine rings is 1. The predicted octanol–water partition coefficient (Wildman–Crippen LogP) is -0.498. The topological polar surface area (TPSA) is 82.3 Å². The summed E-state index contributed by atoms with van der Waals surface area (Å²) >= 11 is 0. The molecule has 2 N–H and O–H groups in total. The summed E-state index contributed by atoms with van der Waals surface area (Å²) < 4.78 is 0. The molecule has 1 unspecified atom stereocenters. The Balaban J connectivity index is 2.23. The average Bonchev–Trinajstić information content (AvgIpc) is 2.75. The quantitative estimate of drug-likeness (QED) is 0.627. The Morgan fingerprint density at radius 3 is 2.88 bits per heavy atom. The zero-order valence-electron chi connectivity index (χ0n) is 8.69. The van der Waals surface area contributed by atoms with Gasteiger partial charge in [0.25, 0.3) is 5.91 Å². The van der Waals surface area contributed by atoms with Crippen LogP contribution in [-0.4, -0.2) is 40.2 Å². The molecule has 0 aliphatic carbocycles. The molecule has 0 saturated carbocycles. The Bertz CT molecular complexity index is 438. The van der Waals surface area contributed by atoms with Gasteiger partial charge in [0.05, 0.1) is 0 Å². The van der Waals surface area contributed by atoms with Crippen molar-refractivity contribution in [3.05, 3.63) is 24.0 Å². The summed E-state index contributed by atoms with van der Waals surface area (Å²) in [7, 11) is 0. The van der Waals surface area contributed by atoms with Gasteiger partial charge < -0.3 is 9.88 Å². The van der Waals surface area contributed by atoms with Crippen LogP contribution in [0, 0.1) is 0 Å². The fraction of sp³-hybridized carbons (Fsp3) is 0.300. The van der Waals surface area contributed by atoms with E-state index < -0.39 is 17.9 Å². The molecule has 6 nitrogen and oxygen atoms in total. The average molecular weight is 221 g/mol. The van der Waals surface area contributed by atoms with Crippen molar-refractivity contribution in [2.75, 3.05) is 6.54 Å². The Kier molecular flexibility index (Phi) is 2.47. The molecule has 1 atom stereocenters. The molecule has 3 amide bonds. The zero-order chi connectivity index (χ0) is 11.7. The molecular weight excluding hydrogens is 210 g/mol. The summed E-state index contributed by atoms with van der Waals surface area (Å²) in [5.41, 5.74) is 0.370. The van der Waals surface area contributed by atoms with E-state index in [0.717, 1.165) is 0 Å². The number of hydrogen-bond donors (Lipinski definition) is 2. The van der Waals surface area contributed by atoms with Gasteiger partial charge in [-0.15, -0.1) is 0 Å². The number of aromatic amines is 1. The molecule has 1 aromatic rings. The zero-order valence-corrected chi connectivity index (χ0v) is 8.69. The number of carbonyl (C=O) groups excluding carboxylic acids is 3. The largest absolute Gasteiger partial charge is 0.357 e. The Labute approximate surface area is 91.6 Å². The SMILES string of the molecule is CC1C(=O)NC(=O)CN1C(=O)c1ccc[nH]1. The fourth-order valence-electron chi connectivity index (χ4n) is 1.58. The third-order valence-electron chi connectivity index (χ3n) is 2.51. The van der Waals surface area contributed by atoms with Crippen molar-refractivity contribution in [1.29, 1.82) is 0 Å². The molecule has 1 saturated heterocycles. The smallest absolute Gasteiger partial charge is 0.271 e. The van der Waals surface area contributed by atoms with Crippen molar-refractivity contribution in [2.45, 2.75) is 13.0 Å². The third-order valence-corrected chi connectivity index (χ3v) is 2.51. The Hall–Kier alpha value is -2.11. The lowest BCUT2D eigenvalue weighted by molar-refractivity contribution is -0.138. The van der Waals surface area contributed by atoms with Crippen LogP contribution in [0.3, 0.4) is 0 Å². The first-order valence-electron chi connectivity index (χ1n) is 4.87. The van der Waals surface area contributed by atoms with E-state index in [0.29, 0.717) is 5.69 Å². The van der Waals surface area contributed by atoms with Gasteiger partial charge in [-0.3, -0.25) is 19.7 Å². The number of carbonyl (C=O) groups is 3. The molecule has 0 aromatic carbocycles. The van der Waals surface area contributed by atoms with Crippen LogP contribution in [0.4, 0.5) is 0 Å². The number of amides is 3. The van der Waals surface area contributed by atoms with Gasteiger partial charge >= 0.3 is 0 Å². The Morgan fingerprint density at radius 2 is 2.25 bits per heavy atom. The Morgan fingerprint density at radius 1 is 1.50 bits per heavy atom. The van der Waals surface area contributed by atoms with Gasteiger partial charge in [-0.2, -0.15) is 0 Å². The minimum atomic E-state index is -0.631. The first-order valence-corrected chi connectivity index (χ1v) is 4.87. The lowest BCUT2D eigenvalue weighted by Crippen LogP contribution is -2.58. The van der Waals surface area contributed by atoms with Gasteiger partial charge in [0.1, 0.15) is 18.3 Å². The summed E-state index contributed by atoms with van der Waals surface area (Å²) in [6, 6.07) is 2.66. The molecular formula is C10H11N3O3. The van der Waals surface area contributed by atoms with E-state index in [9.17, 15) is 14.4 Å². The second-order valence-corrected chi connectivity index (χ2v) is 3.61. The fourth-order valence-corrected chi connectivity index (χ4v) is 1.58. The maximum absolute atomic E-state index is 11.9. The normalized spacial score (nSPS) is 20.8. The van der Waals surface area contributed by atoms with Crippen LogP contribution >= 0.6 is 0 Å². The molecule has 2 heterocycles. The lowest BCUT2D eigenvalue weighted by Gasteiger charge is -2.31. The van der Waals surface area contributed by atoms with Crippen molar-refractivity contribution < 1.29 is 14.4 Å². The predicted molar refractivity (Wildman–Crippen MR) is 54.4 cm³/mol. The summed E-state index contributed by atoms with van der Waals surface area (Å²) in [6.45, 7) is 1.49. The third kappa shape index (κ3) is 1.69. The monoisotopic (exact) mass is 221 g/mol. The van der Waals surface area contributed by atoms with Gasteiger partial charge in [0.2, 0.25) is 11.8 Å². The minimum absolute atomic E-state index is 0.0925. The molecule has 2 rings (SSSR count). The van der Waals surface area contributed by atoms with Gasteiger partial charge in [-0.1, -0.05) is 0 Å². The highest BCUT2D eigenvalue weighted by Crippen LogP contribution is 2.09. The number of H-pyrrole nitrogens is 1. The molecule has 6 heteroatoms. The summed E-state index contributed by atoms with van der Waals surface area (Å²) in [5, 5.41) is 2.18. The molecule has 0 radical (unpaired) electrons. The summed E-state index contributed by atoms with van der Waals surface area (Å²) in [5.74, 6) is -1.25. The first-order chi connectivity index (χ1) is 7.59. The highest BCUT2D eigenvalue weighted by Gasteiger charge is 2.34. The molecule has 0 bridgehead atoms. The highest BCUT2D eigenvalue weighted by molar-refractivity contribution is 6.06. The summed E-state index contributed by atoms with van der Waals surface area (Å²) in [4.78, 5) is 38.4. The molecule has 16 heavy (non-hydrogen) atoms. The molecule has 1 aliphatic heterocycles. The standard InChI is InChI=1S/C10H11N3O3/c1-6-9(15)12-8(14)5-13(6)10(16)7-3-2-4-11-7/h2-4,6,11H,5H2,1H3,(H,12,14,15). The molecule has 1 aromatic heterocycles. The van der Waals surface area contributed by atoms with Crippen molar-refractivity contribution in [3.8, 4) is 0 Å². The van der Waals surface area contributed by atoms with E-state index in [4.69, 9.17) is 0 Å². The number of nitrogens with one attached hydrogen (secondary N) is 2. The number of aromatic nitrogens is 1. The maximum atomic E-state index is 11.9. The van der Waals surface area contributed by atoms with Crippen LogP contribution in [-0.2, 0) is 9.59 Å². The summed E-state index contributed by atoms with van der Waals surface area (Å²) in [6.07, 6.45) is 1.61. The highest BCUT2D eigenvalue weighted by atomic mass is 16.2. The van der Waals surface area contributed by atoms with E-state index in [1.165, 1.54) is 4.90 Å². The van der Waals surface area contributed by atoms with Crippen molar-refractivity contribution in [1.82, 2.24) is 15.2 Å². The van der Waals surface area contributed by atoms with Crippen molar-refractivity contribution >= 4 is 17.7 Å². The lowest BCUT2D eigenvalue weighted by atomic mass is 10.2. The number of nitrogens with zero attached hydrogens (tertiary/aromatic N) is 1. The van der Waals surface area contributed by atoms with Crippen LogP contribution in [0.2, 0.25) is 0 Å². The molecule has 1 aliphatic rings. The second-order valence-electron chi connectivity index (χ2n) is 3.61. The first kappa shape index (κ1) is 10.4. The molecule has 0 spiro atoms. The van der Waals surface area contributed by atoms with Gasteiger partial charge in [-0.05, 0) is 19.1 Å². The number of imide groups is 1. The maximum Gasteiger partial charge on any atom is 0.271 e. The van der Waals surface area contributed by atoms with Crippen molar-refractivity contribution in [3.63, 3.8) is 0 Å². The van der Waals surface area contributed by atoms with Crippen LogP contribution in [0.25, 0.3) is 0 Å². The van der Waals surface area contributed by atoms with E-state index in [1.807, 2.05) is 0 Å². The van der Waals surface area contributed by atoms with Crippen molar-refractivity contribution in [2.24, 2.45) is 0 Å². The second kappa shape index (κ2) is 3.80. The van der Waals surface area contributed by atoms with Gasteiger partial charge in [-0.25, -0.2) is 0 Å². The van der Waals surface area contributed by atoms with E-state index in [-0.39, 0.29) is 12.5 Å². The van der Waals surface area contributed by atoms with Gasteiger partial charge in [0.15, 0.2) is 0 Å².